The highest BCUT2D eigenvalue weighted by molar-refractivity contribution is 5.89. The molecule has 1 saturated heterocycles. The predicted molar refractivity (Wildman–Crippen MR) is 135 cm³/mol. The number of phenolic OH excluding ortho intramolecular Hbond substituents is 2. The van der Waals surface area contributed by atoms with Crippen LogP contribution in [-0.2, 0) is 35.0 Å². The molecule has 6 N–H and O–H groups in total. The molecule has 220 valence electrons. The van der Waals surface area contributed by atoms with E-state index in [4.69, 9.17) is 18.9 Å². The Hall–Kier alpha value is -3.20. The van der Waals surface area contributed by atoms with Crippen LogP contribution in [0.1, 0.15) is 30.5 Å². The van der Waals surface area contributed by atoms with Crippen LogP contribution in [0, 0.1) is 11.8 Å². The number of amides is 1. The minimum absolute atomic E-state index is 0.125. The van der Waals surface area contributed by atoms with Crippen molar-refractivity contribution in [2.24, 2.45) is 11.8 Å². The molecule has 4 rings (SSSR count). The first-order chi connectivity index (χ1) is 19.0. The van der Waals surface area contributed by atoms with Crippen LogP contribution in [0.3, 0.4) is 0 Å². The fraction of sp³-hybridized carbons (Fsp3) is 0.556. The minimum atomic E-state index is -1.69. The summed E-state index contributed by atoms with van der Waals surface area (Å²) in [7, 11) is 1.21. The summed E-state index contributed by atoms with van der Waals surface area (Å²) in [6.45, 7) is 4.96. The van der Waals surface area contributed by atoms with E-state index >= 15 is 0 Å². The van der Waals surface area contributed by atoms with E-state index in [2.05, 4.69) is 6.58 Å². The predicted octanol–water partition coefficient (Wildman–Crippen LogP) is -0.418. The van der Waals surface area contributed by atoms with E-state index in [1.165, 1.54) is 32.2 Å². The monoisotopic (exact) mass is 565 g/mol. The Morgan fingerprint density at radius 1 is 1.12 bits per heavy atom. The van der Waals surface area contributed by atoms with Crippen molar-refractivity contribution in [1.29, 1.82) is 0 Å². The first-order valence-electron chi connectivity index (χ1n) is 12.9. The number of carbonyl (C=O) groups excluding carboxylic acids is 2. The molecule has 0 bridgehead atoms. The molecule has 3 heterocycles. The maximum atomic E-state index is 12.8. The number of benzene rings is 1. The van der Waals surface area contributed by atoms with Crippen LogP contribution in [-0.4, -0.2) is 105 Å². The number of carbonyl (C=O) groups is 2. The number of aliphatic hydroxyl groups excluding tert-OH is 4. The van der Waals surface area contributed by atoms with Gasteiger partial charge in [-0.25, -0.2) is 4.79 Å². The van der Waals surface area contributed by atoms with Crippen molar-refractivity contribution in [3.8, 4) is 11.5 Å². The number of hydrogen-bond donors (Lipinski definition) is 6. The van der Waals surface area contributed by atoms with Crippen LogP contribution in [0.15, 0.2) is 36.6 Å². The molecule has 1 fully saturated rings. The normalized spacial score (nSPS) is 33.8. The van der Waals surface area contributed by atoms with Crippen LogP contribution < -0.4 is 0 Å². The summed E-state index contributed by atoms with van der Waals surface area (Å²) in [5.41, 5.74) is 1.46. The number of aromatic hydroxyl groups is 2. The number of esters is 1. The Morgan fingerprint density at radius 3 is 2.45 bits per heavy atom. The van der Waals surface area contributed by atoms with E-state index in [1.54, 1.807) is 4.90 Å². The fourth-order valence-corrected chi connectivity index (χ4v) is 5.63. The number of nitrogens with zero attached hydrogens (tertiary/aromatic N) is 1. The molecule has 1 aromatic rings. The molecule has 1 amide bonds. The number of ether oxygens (including phenoxy) is 4. The SMILES string of the molecule is C=C[C@@H]1[C@@H](O[C@H]2O[C@@H](CO)[C@H](O)[C@@H](O)[C@@H]2O)OC=C(C(=O)OC)[C@@H]1C[C@H]1c2cc(O)c(O)cc2CCN1C(C)=O. The number of methoxy groups -OCH3 is 1. The first-order valence-corrected chi connectivity index (χ1v) is 12.9. The number of hydrogen-bond acceptors (Lipinski definition) is 12. The van der Waals surface area contributed by atoms with Gasteiger partial charge in [0, 0.05) is 25.3 Å². The number of rotatable bonds is 7. The van der Waals surface area contributed by atoms with Crippen molar-refractivity contribution in [1.82, 2.24) is 4.90 Å². The average molecular weight is 566 g/mol. The molecule has 13 heteroatoms. The molecule has 1 aromatic carbocycles. The van der Waals surface area contributed by atoms with E-state index in [-0.39, 0.29) is 29.4 Å². The third-order valence-electron chi connectivity index (χ3n) is 7.79. The summed E-state index contributed by atoms with van der Waals surface area (Å²) < 4.78 is 22.0. The first kappa shape index (κ1) is 29.8. The summed E-state index contributed by atoms with van der Waals surface area (Å²) in [5.74, 6) is -3.06. The number of fused-ring (bicyclic) bond motifs is 1. The second kappa shape index (κ2) is 12.1. The molecule has 9 atom stereocenters. The van der Waals surface area contributed by atoms with Crippen molar-refractivity contribution < 1.29 is 59.2 Å². The summed E-state index contributed by atoms with van der Waals surface area (Å²) >= 11 is 0. The van der Waals surface area contributed by atoms with Gasteiger partial charge in [0.1, 0.15) is 24.4 Å². The van der Waals surface area contributed by atoms with E-state index in [0.29, 0.717) is 18.5 Å². The Morgan fingerprint density at radius 2 is 1.82 bits per heavy atom. The molecular weight excluding hydrogens is 530 g/mol. The minimum Gasteiger partial charge on any atom is -0.504 e. The van der Waals surface area contributed by atoms with E-state index in [1.807, 2.05) is 0 Å². The van der Waals surface area contributed by atoms with Gasteiger partial charge in [0.2, 0.25) is 12.2 Å². The molecule has 3 aliphatic rings. The second-order valence-corrected chi connectivity index (χ2v) is 10.1. The van der Waals surface area contributed by atoms with Crippen molar-refractivity contribution in [2.45, 2.75) is 62.8 Å². The van der Waals surface area contributed by atoms with Crippen LogP contribution in [0.5, 0.6) is 11.5 Å². The molecule has 40 heavy (non-hydrogen) atoms. The topological polar surface area (TPSA) is 196 Å². The van der Waals surface area contributed by atoms with Crippen molar-refractivity contribution >= 4 is 11.9 Å². The van der Waals surface area contributed by atoms with E-state index in [9.17, 15) is 40.2 Å². The maximum Gasteiger partial charge on any atom is 0.337 e. The molecule has 0 unspecified atom stereocenters. The van der Waals surface area contributed by atoms with Crippen LogP contribution in [0.25, 0.3) is 0 Å². The highest BCUT2D eigenvalue weighted by Crippen LogP contribution is 2.45. The third-order valence-corrected chi connectivity index (χ3v) is 7.79. The van der Waals surface area contributed by atoms with Crippen LogP contribution in [0.4, 0.5) is 0 Å². The maximum absolute atomic E-state index is 12.8. The molecule has 13 nitrogen and oxygen atoms in total. The summed E-state index contributed by atoms with van der Waals surface area (Å²) in [4.78, 5) is 27.0. The number of phenols is 2. The van der Waals surface area contributed by atoms with Gasteiger partial charge >= 0.3 is 5.97 Å². The largest absolute Gasteiger partial charge is 0.504 e. The standard InChI is InChI=1S/C27H35NO12/c1-4-14-16(8-18-15-9-20(32)19(31)7-13(15)5-6-28(18)12(2)30)17(25(36)37-3)11-38-26(14)40-27-24(35)23(34)22(33)21(10-29)39-27/h4,7,9,11,14,16,18,21-24,26-27,29,31-35H,1,5-6,8,10H2,2-3H3/t14-,16+,18-,21-,22-,23+,24-,26+,27+/m0/s1. The lowest BCUT2D eigenvalue weighted by Gasteiger charge is -2.44. The Labute approximate surface area is 230 Å². The zero-order valence-electron chi connectivity index (χ0n) is 22.1. The molecule has 3 aliphatic heterocycles. The average Bonchev–Trinajstić information content (AvgIpc) is 2.93. The van der Waals surface area contributed by atoms with Gasteiger partial charge in [-0.2, -0.15) is 0 Å². The molecule has 0 aliphatic carbocycles. The highest BCUT2D eigenvalue weighted by Gasteiger charge is 2.48. The quantitative estimate of drug-likeness (QED) is 0.142. The van der Waals surface area contributed by atoms with E-state index in [0.717, 1.165) is 11.8 Å². The summed E-state index contributed by atoms with van der Waals surface area (Å²) in [6, 6.07) is 2.22. The van der Waals surface area contributed by atoms with Gasteiger partial charge in [0.05, 0.1) is 31.6 Å². The molecule has 0 aromatic heterocycles. The molecule has 0 radical (unpaired) electrons. The second-order valence-electron chi connectivity index (χ2n) is 10.1. The van der Waals surface area contributed by atoms with Crippen LogP contribution >= 0.6 is 0 Å². The van der Waals surface area contributed by atoms with Gasteiger partial charge in [-0.15, -0.1) is 6.58 Å². The third kappa shape index (κ3) is 5.53. The van der Waals surface area contributed by atoms with Crippen molar-refractivity contribution in [2.75, 3.05) is 20.3 Å². The Bertz CT molecular complexity index is 1150. The van der Waals surface area contributed by atoms with Gasteiger partial charge in [0.15, 0.2) is 17.8 Å². The highest BCUT2D eigenvalue weighted by atomic mass is 16.8. The molecular formula is C27H35NO12. The Kier molecular flexibility index (Phi) is 9.02. The summed E-state index contributed by atoms with van der Waals surface area (Å²) in [6.07, 6.45) is -5.67. The molecule has 0 spiro atoms. The van der Waals surface area contributed by atoms with Gasteiger partial charge in [-0.3, -0.25) is 4.79 Å². The number of aliphatic hydroxyl groups is 4. The van der Waals surface area contributed by atoms with Crippen molar-refractivity contribution in [3.05, 3.63) is 47.7 Å². The van der Waals surface area contributed by atoms with E-state index < -0.39 is 67.4 Å². The fourth-order valence-electron chi connectivity index (χ4n) is 5.63. The zero-order chi connectivity index (χ0) is 29.3. The zero-order valence-corrected chi connectivity index (χ0v) is 22.1. The van der Waals surface area contributed by atoms with Gasteiger partial charge in [-0.1, -0.05) is 6.08 Å². The van der Waals surface area contributed by atoms with Crippen LogP contribution in [0.2, 0.25) is 0 Å². The van der Waals surface area contributed by atoms with Gasteiger partial charge in [-0.05, 0) is 36.1 Å². The Balaban J connectivity index is 1.69. The smallest absolute Gasteiger partial charge is 0.337 e. The van der Waals surface area contributed by atoms with Gasteiger partial charge < -0.3 is 54.5 Å². The lowest BCUT2D eigenvalue weighted by Crippen LogP contribution is -2.60. The van der Waals surface area contributed by atoms with Crippen molar-refractivity contribution in [3.63, 3.8) is 0 Å². The lowest BCUT2D eigenvalue weighted by molar-refractivity contribution is -0.339. The molecule has 0 saturated carbocycles. The van der Waals surface area contributed by atoms with Gasteiger partial charge in [0.25, 0.3) is 0 Å². The summed E-state index contributed by atoms with van der Waals surface area (Å²) in [5, 5.41) is 60.5. The lowest BCUT2D eigenvalue weighted by atomic mass is 9.76.